The van der Waals surface area contributed by atoms with Crippen molar-refractivity contribution in [3.05, 3.63) is 60.8 Å². The maximum Gasteiger partial charge on any atom is 0.306 e. The molecule has 0 aliphatic rings. The quantitative estimate of drug-likeness (QED) is 0.0204. The second-order valence-corrected chi connectivity index (χ2v) is 14.6. The number of ether oxygens (including phenoxy) is 3. The number of hydrogen-bond acceptors (Lipinski definition) is 6. The molecule has 0 heterocycles. The van der Waals surface area contributed by atoms with Crippen LogP contribution in [0.3, 0.4) is 0 Å². The van der Waals surface area contributed by atoms with Gasteiger partial charge in [0, 0.05) is 19.3 Å². The molecule has 0 amide bonds. The Morgan fingerprint density at radius 2 is 0.815 bits per heavy atom. The molecule has 0 aromatic rings. The van der Waals surface area contributed by atoms with Gasteiger partial charge in [-0.1, -0.05) is 184 Å². The molecule has 6 nitrogen and oxygen atoms in total. The number of carbonyl (C=O) groups is 3. The maximum atomic E-state index is 12.7. The van der Waals surface area contributed by atoms with Crippen LogP contribution in [-0.4, -0.2) is 37.2 Å². The molecule has 0 radical (unpaired) electrons. The van der Waals surface area contributed by atoms with E-state index in [4.69, 9.17) is 14.2 Å². The smallest absolute Gasteiger partial charge is 0.306 e. The molecule has 0 aliphatic heterocycles. The first-order valence-corrected chi connectivity index (χ1v) is 22.3. The number of esters is 3. The number of hydrogen-bond donors (Lipinski definition) is 0. The first-order chi connectivity index (χ1) is 26.5. The van der Waals surface area contributed by atoms with Crippen molar-refractivity contribution < 1.29 is 28.6 Å². The molecule has 0 aliphatic carbocycles. The van der Waals surface area contributed by atoms with Crippen molar-refractivity contribution in [2.24, 2.45) is 0 Å². The number of rotatable bonds is 39. The fraction of sp³-hybridized carbons (Fsp3) is 0.729. The van der Waals surface area contributed by atoms with E-state index in [-0.39, 0.29) is 31.1 Å². The van der Waals surface area contributed by atoms with E-state index in [0.717, 1.165) is 83.5 Å². The number of carbonyl (C=O) groups excluding carboxylic acids is 3. The van der Waals surface area contributed by atoms with Gasteiger partial charge in [0.15, 0.2) is 6.10 Å². The molecule has 0 spiro atoms. The highest BCUT2D eigenvalue weighted by molar-refractivity contribution is 5.71. The summed E-state index contributed by atoms with van der Waals surface area (Å²) in [5.74, 6) is -0.942. The van der Waals surface area contributed by atoms with Crippen LogP contribution in [0.15, 0.2) is 60.8 Å². The summed E-state index contributed by atoms with van der Waals surface area (Å²) in [6, 6.07) is 0. The third-order valence-electron chi connectivity index (χ3n) is 9.33. The van der Waals surface area contributed by atoms with Crippen LogP contribution in [0.4, 0.5) is 0 Å². The first kappa shape index (κ1) is 51.1. The van der Waals surface area contributed by atoms with Crippen molar-refractivity contribution in [2.75, 3.05) is 13.2 Å². The molecule has 0 saturated carbocycles. The second-order valence-electron chi connectivity index (χ2n) is 14.6. The molecule has 0 rings (SSSR count). The lowest BCUT2D eigenvalue weighted by atomic mass is 10.0. The van der Waals surface area contributed by atoms with Crippen molar-refractivity contribution in [1.82, 2.24) is 0 Å². The molecule has 0 aromatic heterocycles. The predicted molar refractivity (Wildman–Crippen MR) is 228 cm³/mol. The molecule has 310 valence electrons. The van der Waals surface area contributed by atoms with Crippen LogP contribution >= 0.6 is 0 Å². The minimum Gasteiger partial charge on any atom is -0.462 e. The van der Waals surface area contributed by atoms with E-state index >= 15 is 0 Å². The van der Waals surface area contributed by atoms with Gasteiger partial charge in [-0.15, -0.1) is 0 Å². The average Bonchev–Trinajstić information content (AvgIpc) is 3.17. The summed E-state index contributed by atoms with van der Waals surface area (Å²) in [4.78, 5) is 37.6. The molecule has 6 heteroatoms. The Morgan fingerprint density at radius 1 is 0.407 bits per heavy atom. The first-order valence-electron chi connectivity index (χ1n) is 22.3. The molecule has 54 heavy (non-hydrogen) atoms. The second kappa shape index (κ2) is 42.8. The topological polar surface area (TPSA) is 78.9 Å². The van der Waals surface area contributed by atoms with Crippen molar-refractivity contribution in [2.45, 2.75) is 213 Å². The molecule has 0 N–H and O–H groups in total. The van der Waals surface area contributed by atoms with Gasteiger partial charge < -0.3 is 14.2 Å². The van der Waals surface area contributed by atoms with E-state index in [1.807, 2.05) is 0 Å². The molecule has 1 unspecified atom stereocenters. The summed E-state index contributed by atoms with van der Waals surface area (Å²) in [7, 11) is 0. The van der Waals surface area contributed by atoms with Crippen LogP contribution in [0.5, 0.6) is 0 Å². The largest absolute Gasteiger partial charge is 0.462 e. The summed E-state index contributed by atoms with van der Waals surface area (Å²) in [6.45, 7) is 6.32. The summed E-state index contributed by atoms with van der Waals surface area (Å²) < 4.78 is 16.6. The van der Waals surface area contributed by atoms with Gasteiger partial charge in [-0.2, -0.15) is 0 Å². The minimum atomic E-state index is -0.786. The van der Waals surface area contributed by atoms with Gasteiger partial charge in [0.25, 0.3) is 0 Å². The molecule has 0 saturated heterocycles. The van der Waals surface area contributed by atoms with Gasteiger partial charge in [-0.25, -0.2) is 0 Å². The van der Waals surface area contributed by atoms with Gasteiger partial charge in [0.1, 0.15) is 13.2 Å². The zero-order valence-corrected chi connectivity index (χ0v) is 35.2. The van der Waals surface area contributed by atoms with E-state index in [1.54, 1.807) is 0 Å². The average molecular weight is 755 g/mol. The third-order valence-corrected chi connectivity index (χ3v) is 9.33. The standard InChI is InChI=1S/C48H82O6/c1-4-7-10-13-16-19-21-23-24-25-27-29-32-35-38-41-47(50)53-44-45(43-52-46(49)40-37-34-31-28-18-15-12-9-6-3)54-48(51)42-39-36-33-30-26-22-20-17-14-11-8-5-2/h7,9-10,12-13,16,18-19,21,28,45H,4-6,8,11,14-15,17,20,22-27,29-44H2,1-3H3/b10-7-,12-9-,16-13-,21-19-,28-18-. The SMILES string of the molecule is CC\C=C/C=C\C=C/CCCCCCCCCC(=O)OCC(COC(=O)CCCC/C=C\C/C=C\CC)OC(=O)CCCCCCCCCCCCCC. The molecular formula is C48H82O6. The van der Waals surface area contributed by atoms with Crippen LogP contribution < -0.4 is 0 Å². The summed E-state index contributed by atoms with van der Waals surface area (Å²) >= 11 is 0. The Hall–Kier alpha value is -2.89. The zero-order chi connectivity index (χ0) is 39.4. The Balaban J connectivity index is 4.39. The molecule has 0 bridgehead atoms. The molecule has 0 fully saturated rings. The highest BCUT2D eigenvalue weighted by atomic mass is 16.6. The van der Waals surface area contributed by atoms with Gasteiger partial charge in [-0.3, -0.25) is 14.4 Å². The normalized spacial score (nSPS) is 12.6. The lowest BCUT2D eigenvalue weighted by Crippen LogP contribution is -2.30. The van der Waals surface area contributed by atoms with Gasteiger partial charge in [-0.05, 0) is 64.2 Å². The van der Waals surface area contributed by atoms with E-state index in [9.17, 15) is 14.4 Å². The maximum absolute atomic E-state index is 12.7. The Bertz CT molecular complexity index is 1010. The van der Waals surface area contributed by atoms with Crippen LogP contribution in [-0.2, 0) is 28.6 Å². The Kier molecular flexibility index (Phi) is 40.6. The number of unbranched alkanes of at least 4 members (excludes halogenated alkanes) is 20. The fourth-order valence-electron chi connectivity index (χ4n) is 6.01. The van der Waals surface area contributed by atoms with Gasteiger partial charge in [0.05, 0.1) is 0 Å². The van der Waals surface area contributed by atoms with Crippen molar-refractivity contribution in [3.8, 4) is 0 Å². The molecule has 1 atom stereocenters. The van der Waals surface area contributed by atoms with E-state index < -0.39 is 6.10 Å². The van der Waals surface area contributed by atoms with E-state index in [1.165, 1.54) is 83.5 Å². The van der Waals surface area contributed by atoms with Crippen LogP contribution in [0.2, 0.25) is 0 Å². The summed E-state index contributed by atoms with van der Waals surface area (Å²) in [5, 5.41) is 0. The van der Waals surface area contributed by atoms with E-state index in [2.05, 4.69) is 81.5 Å². The van der Waals surface area contributed by atoms with Crippen LogP contribution in [0.1, 0.15) is 207 Å². The highest BCUT2D eigenvalue weighted by Crippen LogP contribution is 2.14. The predicted octanol–water partition coefficient (Wildman–Crippen LogP) is 14.1. The zero-order valence-electron chi connectivity index (χ0n) is 35.2. The van der Waals surface area contributed by atoms with Crippen LogP contribution in [0.25, 0.3) is 0 Å². The molecule has 0 aromatic carbocycles. The Morgan fingerprint density at radius 3 is 1.35 bits per heavy atom. The number of allylic oxidation sites excluding steroid dienone is 10. The molecular weight excluding hydrogens is 673 g/mol. The third kappa shape index (κ3) is 40.3. The summed E-state index contributed by atoms with van der Waals surface area (Å²) in [6.07, 6.45) is 50.7. The Labute approximate surface area is 332 Å². The lowest BCUT2D eigenvalue weighted by Gasteiger charge is -2.18. The summed E-state index contributed by atoms with van der Waals surface area (Å²) in [5.41, 5.74) is 0. The van der Waals surface area contributed by atoms with Crippen molar-refractivity contribution >= 4 is 17.9 Å². The van der Waals surface area contributed by atoms with Crippen molar-refractivity contribution in [3.63, 3.8) is 0 Å². The fourth-order valence-corrected chi connectivity index (χ4v) is 6.01. The monoisotopic (exact) mass is 755 g/mol. The lowest BCUT2D eigenvalue weighted by molar-refractivity contribution is -0.167. The van der Waals surface area contributed by atoms with Crippen LogP contribution in [0, 0.1) is 0 Å². The minimum absolute atomic E-state index is 0.0900. The van der Waals surface area contributed by atoms with Gasteiger partial charge in [0.2, 0.25) is 0 Å². The van der Waals surface area contributed by atoms with Crippen molar-refractivity contribution in [1.29, 1.82) is 0 Å². The van der Waals surface area contributed by atoms with Gasteiger partial charge >= 0.3 is 17.9 Å². The van der Waals surface area contributed by atoms with E-state index in [0.29, 0.717) is 19.3 Å². The highest BCUT2D eigenvalue weighted by Gasteiger charge is 2.19.